The molecule has 2 aromatic rings. The summed E-state index contributed by atoms with van der Waals surface area (Å²) in [5.74, 6) is 3.15. The van der Waals surface area contributed by atoms with E-state index < -0.39 is 0 Å². The molecule has 4 atom stereocenters. The first-order chi connectivity index (χ1) is 12.5. The summed E-state index contributed by atoms with van der Waals surface area (Å²) in [6.07, 6.45) is 14.8. The summed E-state index contributed by atoms with van der Waals surface area (Å²) >= 11 is 0. The van der Waals surface area contributed by atoms with Crippen LogP contribution in [-0.4, -0.2) is 19.7 Å². The van der Waals surface area contributed by atoms with Crippen LogP contribution in [-0.2, 0) is 19.9 Å². The lowest BCUT2D eigenvalue weighted by Crippen LogP contribution is -2.38. The van der Waals surface area contributed by atoms with Crippen molar-refractivity contribution in [3.05, 3.63) is 29.9 Å². The van der Waals surface area contributed by atoms with Gasteiger partial charge in [0.15, 0.2) is 5.82 Å². The SMILES string of the molecule is CCC1CC2CCCC(Cc3noc([C@@H](N)Cc4cn(C)cn4)n3)(C1)C2. The monoisotopic (exact) mass is 357 g/mol. The quantitative estimate of drug-likeness (QED) is 0.854. The number of fused-ring (bicyclic) bond motifs is 2. The first-order valence-electron chi connectivity index (χ1n) is 10.1. The van der Waals surface area contributed by atoms with Gasteiger partial charge in [-0.1, -0.05) is 31.3 Å². The molecule has 2 aromatic heterocycles. The van der Waals surface area contributed by atoms with Crippen LogP contribution >= 0.6 is 0 Å². The predicted octanol–water partition coefficient (Wildman–Crippen LogP) is 3.58. The highest BCUT2D eigenvalue weighted by Crippen LogP contribution is 2.53. The van der Waals surface area contributed by atoms with Gasteiger partial charge in [-0.3, -0.25) is 0 Å². The summed E-state index contributed by atoms with van der Waals surface area (Å²) in [4.78, 5) is 9.00. The van der Waals surface area contributed by atoms with E-state index in [0.29, 0.717) is 17.7 Å². The molecule has 6 nitrogen and oxygen atoms in total. The fourth-order valence-electron chi connectivity index (χ4n) is 5.39. The van der Waals surface area contributed by atoms with Gasteiger partial charge in [-0.05, 0) is 42.9 Å². The van der Waals surface area contributed by atoms with E-state index in [1.807, 2.05) is 17.8 Å². The van der Waals surface area contributed by atoms with Crippen LogP contribution < -0.4 is 5.73 Å². The molecule has 4 rings (SSSR count). The van der Waals surface area contributed by atoms with Gasteiger partial charge in [0.1, 0.15) is 0 Å². The van der Waals surface area contributed by atoms with E-state index >= 15 is 0 Å². The molecule has 0 aliphatic heterocycles. The Morgan fingerprint density at radius 3 is 3.08 bits per heavy atom. The molecule has 0 radical (unpaired) electrons. The maximum Gasteiger partial charge on any atom is 0.243 e. The fraction of sp³-hybridized carbons (Fsp3) is 0.750. The molecular weight excluding hydrogens is 326 g/mol. The predicted molar refractivity (Wildman–Crippen MR) is 99.2 cm³/mol. The third-order valence-electron chi connectivity index (χ3n) is 6.53. The number of aryl methyl sites for hydroxylation is 1. The summed E-state index contributed by atoms with van der Waals surface area (Å²) in [6.45, 7) is 2.34. The second kappa shape index (κ2) is 7.14. The number of rotatable bonds is 6. The minimum absolute atomic E-state index is 0.294. The molecular formula is C20H31N5O. The van der Waals surface area contributed by atoms with E-state index in [0.717, 1.165) is 29.8 Å². The number of hydrogen-bond acceptors (Lipinski definition) is 5. The largest absolute Gasteiger partial charge is 0.340 e. The highest BCUT2D eigenvalue weighted by molar-refractivity contribution is 5.05. The van der Waals surface area contributed by atoms with E-state index in [2.05, 4.69) is 22.0 Å². The molecule has 2 bridgehead atoms. The van der Waals surface area contributed by atoms with Crippen LogP contribution in [0, 0.1) is 17.3 Å². The Kier molecular flexibility index (Phi) is 4.86. The van der Waals surface area contributed by atoms with Crippen molar-refractivity contribution in [2.75, 3.05) is 0 Å². The van der Waals surface area contributed by atoms with Crippen molar-refractivity contribution in [3.8, 4) is 0 Å². The molecule has 2 saturated carbocycles. The zero-order valence-electron chi connectivity index (χ0n) is 16.0. The standard InChI is InChI=1S/C20H31N5O/c1-3-14-7-15-5-4-6-20(9-14,10-15)11-18-23-19(26-24-18)17(21)8-16-12-25(2)13-22-16/h12-15,17H,3-11,21H2,1-2H3/t14?,15?,17-,20?/m0/s1. The summed E-state index contributed by atoms with van der Waals surface area (Å²) in [5.41, 5.74) is 7.61. The summed E-state index contributed by atoms with van der Waals surface area (Å²) in [5, 5.41) is 4.28. The zero-order chi connectivity index (χ0) is 18.1. The lowest BCUT2D eigenvalue weighted by molar-refractivity contribution is 0.0363. The summed E-state index contributed by atoms with van der Waals surface area (Å²) < 4.78 is 7.44. The first kappa shape index (κ1) is 17.7. The number of nitrogens with two attached hydrogens (primary N) is 1. The molecule has 2 heterocycles. The van der Waals surface area contributed by atoms with E-state index in [4.69, 9.17) is 10.3 Å². The Labute approximate surface area is 155 Å². The van der Waals surface area contributed by atoms with Gasteiger partial charge in [0, 0.05) is 26.1 Å². The number of aromatic nitrogens is 4. The van der Waals surface area contributed by atoms with Crippen molar-refractivity contribution < 1.29 is 4.52 Å². The fourth-order valence-corrected chi connectivity index (χ4v) is 5.39. The Hall–Kier alpha value is -1.69. The normalized spacial score (nSPS) is 29.7. The van der Waals surface area contributed by atoms with Crippen LogP contribution in [0.3, 0.4) is 0 Å². The highest BCUT2D eigenvalue weighted by Gasteiger charge is 2.43. The van der Waals surface area contributed by atoms with E-state index in [-0.39, 0.29) is 6.04 Å². The number of imidazole rings is 1. The molecule has 3 unspecified atom stereocenters. The molecule has 0 aromatic carbocycles. The van der Waals surface area contributed by atoms with E-state index in [9.17, 15) is 0 Å². The Morgan fingerprint density at radius 1 is 1.42 bits per heavy atom. The third-order valence-corrected chi connectivity index (χ3v) is 6.53. The minimum atomic E-state index is -0.294. The van der Waals surface area contributed by atoms with Gasteiger partial charge in [0.05, 0.1) is 18.1 Å². The molecule has 0 saturated heterocycles. The van der Waals surface area contributed by atoms with Gasteiger partial charge < -0.3 is 14.8 Å². The zero-order valence-corrected chi connectivity index (χ0v) is 16.0. The van der Waals surface area contributed by atoms with E-state index in [1.165, 1.54) is 44.9 Å². The van der Waals surface area contributed by atoms with Gasteiger partial charge in [0.25, 0.3) is 0 Å². The molecule has 2 aliphatic rings. The molecule has 142 valence electrons. The topological polar surface area (TPSA) is 82.8 Å². The second-order valence-corrected chi connectivity index (χ2v) is 8.74. The molecule has 2 aliphatic carbocycles. The van der Waals surface area contributed by atoms with Crippen LogP contribution in [0.5, 0.6) is 0 Å². The Balaban J connectivity index is 1.44. The molecule has 0 amide bonds. The van der Waals surface area contributed by atoms with E-state index in [1.54, 1.807) is 6.33 Å². The average Bonchev–Trinajstić information content (AvgIpc) is 3.23. The number of hydrogen-bond donors (Lipinski definition) is 1. The van der Waals surface area contributed by atoms with Crippen LogP contribution in [0.4, 0.5) is 0 Å². The number of nitrogens with zero attached hydrogens (tertiary/aromatic N) is 4. The van der Waals surface area contributed by atoms with Crippen LogP contribution in [0.1, 0.15) is 75.3 Å². The molecule has 0 spiro atoms. The second-order valence-electron chi connectivity index (χ2n) is 8.74. The van der Waals surface area contributed by atoms with Gasteiger partial charge in [-0.2, -0.15) is 4.98 Å². The highest BCUT2D eigenvalue weighted by atomic mass is 16.5. The van der Waals surface area contributed by atoms with Crippen LogP contribution in [0.2, 0.25) is 0 Å². The molecule has 6 heteroatoms. The van der Waals surface area contributed by atoms with Crippen molar-refractivity contribution in [2.24, 2.45) is 30.0 Å². The summed E-state index contributed by atoms with van der Waals surface area (Å²) in [6, 6.07) is -0.294. The maximum absolute atomic E-state index is 6.28. The Morgan fingerprint density at radius 2 is 2.31 bits per heavy atom. The summed E-state index contributed by atoms with van der Waals surface area (Å²) in [7, 11) is 1.96. The van der Waals surface area contributed by atoms with Crippen molar-refractivity contribution in [3.63, 3.8) is 0 Å². The van der Waals surface area contributed by atoms with Crippen molar-refractivity contribution in [2.45, 2.75) is 70.8 Å². The average molecular weight is 358 g/mol. The van der Waals surface area contributed by atoms with Crippen molar-refractivity contribution in [1.82, 2.24) is 19.7 Å². The van der Waals surface area contributed by atoms with Crippen molar-refractivity contribution in [1.29, 1.82) is 0 Å². The van der Waals surface area contributed by atoms with Gasteiger partial charge in [-0.15, -0.1) is 0 Å². The van der Waals surface area contributed by atoms with Gasteiger partial charge in [-0.25, -0.2) is 4.98 Å². The Bertz CT molecular complexity index is 738. The van der Waals surface area contributed by atoms with Gasteiger partial charge in [0.2, 0.25) is 5.89 Å². The minimum Gasteiger partial charge on any atom is -0.340 e. The first-order valence-corrected chi connectivity index (χ1v) is 10.1. The van der Waals surface area contributed by atoms with Crippen LogP contribution in [0.15, 0.2) is 17.0 Å². The van der Waals surface area contributed by atoms with Crippen molar-refractivity contribution >= 4 is 0 Å². The molecule has 2 N–H and O–H groups in total. The van der Waals surface area contributed by atoms with Crippen LogP contribution in [0.25, 0.3) is 0 Å². The molecule has 2 fully saturated rings. The third kappa shape index (κ3) is 3.70. The van der Waals surface area contributed by atoms with Gasteiger partial charge >= 0.3 is 0 Å². The lowest BCUT2D eigenvalue weighted by atomic mass is 9.57. The maximum atomic E-state index is 6.28. The molecule has 26 heavy (non-hydrogen) atoms. The lowest BCUT2D eigenvalue weighted by Gasteiger charge is -2.48. The smallest absolute Gasteiger partial charge is 0.243 e.